The van der Waals surface area contributed by atoms with Gasteiger partial charge in [-0.2, -0.15) is 18.2 Å². The van der Waals surface area contributed by atoms with Gasteiger partial charge in [-0.1, -0.05) is 0 Å². The summed E-state index contributed by atoms with van der Waals surface area (Å²) in [5.41, 5.74) is 0.0346. The molecule has 0 fully saturated rings. The number of carbonyl (C=O) groups excluding carboxylic acids is 1. The highest BCUT2D eigenvalue weighted by molar-refractivity contribution is 7.12. The highest BCUT2D eigenvalue weighted by atomic mass is 32.1. The highest BCUT2D eigenvalue weighted by Crippen LogP contribution is 2.39. The molecular weight excluding hydrogens is 203 g/mol. The van der Waals surface area contributed by atoms with Gasteiger partial charge in [0.15, 0.2) is 0 Å². The van der Waals surface area contributed by atoms with Crippen molar-refractivity contribution in [2.24, 2.45) is 4.99 Å². The molecule has 0 atom stereocenters. The fourth-order valence-electron chi connectivity index (χ4n) is 0.772. The van der Waals surface area contributed by atoms with Gasteiger partial charge >= 0.3 is 6.18 Å². The van der Waals surface area contributed by atoms with Crippen LogP contribution in [0.2, 0.25) is 0 Å². The van der Waals surface area contributed by atoms with Crippen molar-refractivity contribution in [2.75, 3.05) is 0 Å². The van der Waals surface area contributed by atoms with Crippen LogP contribution >= 0.6 is 11.3 Å². The third-order valence-electron chi connectivity index (χ3n) is 1.34. The van der Waals surface area contributed by atoms with Gasteiger partial charge in [0, 0.05) is 4.88 Å². The van der Waals surface area contributed by atoms with Crippen molar-refractivity contribution in [3.8, 4) is 0 Å². The molecule has 0 aliphatic rings. The summed E-state index contributed by atoms with van der Waals surface area (Å²) in [6, 6.07) is 0.838. The second kappa shape index (κ2) is 3.32. The number of isocyanates is 1. The van der Waals surface area contributed by atoms with Crippen molar-refractivity contribution in [3.05, 3.63) is 15.8 Å². The van der Waals surface area contributed by atoms with Crippen LogP contribution in [0.3, 0.4) is 0 Å². The molecule has 0 N–H and O–H groups in total. The largest absolute Gasteiger partial charge is 0.425 e. The lowest BCUT2D eigenvalue weighted by Gasteiger charge is -1.99. The van der Waals surface area contributed by atoms with E-state index in [4.69, 9.17) is 0 Å². The molecule has 1 aromatic rings. The van der Waals surface area contributed by atoms with E-state index < -0.39 is 11.1 Å². The Labute approximate surface area is 75.7 Å². The molecule has 0 spiro atoms. The summed E-state index contributed by atoms with van der Waals surface area (Å²) >= 11 is 0.564. The second-order valence-corrected chi connectivity index (χ2v) is 3.51. The molecule has 0 saturated carbocycles. The predicted molar refractivity (Wildman–Crippen MR) is 41.8 cm³/mol. The molecule has 6 heteroatoms. The van der Waals surface area contributed by atoms with E-state index in [1.165, 1.54) is 13.0 Å². The summed E-state index contributed by atoms with van der Waals surface area (Å²) in [6.07, 6.45) is -3.17. The molecule has 1 heterocycles. The zero-order valence-corrected chi connectivity index (χ0v) is 7.29. The van der Waals surface area contributed by atoms with E-state index in [2.05, 4.69) is 4.99 Å². The van der Waals surface area contributed by atoms with Gasteiger partial charge in [0.1, 0.15) is 4.88 Å². The van der Waals surface area contributed by atoms with Crippen LogP contribution in [-0.4, -0.2) is 6.08 Å². The minimum absolute atomic E-state index is 0.0346. The Morgan fingerprint density at radius 2 is 2.15 bits per heavy atom. The van der Waals surface area contributed by atoms with E-state index in [0.717, 1.165) is 6.07 Å². The molecule has 2 nitrogen and oxygen atoms in total. The van der Waals surface area contributed by atoms with Gasteiger partial charge in [0.2, 0.25) is 6.08 Å². The summed E-state index contributed by atoms with van der Waals surface area (Å²) < 4.78 is 36.3. The number of hydrogen-bond acceptors (Lipinski definition) is 3. The molecular formula is C7H4F3NOS. The first-order valence-electron chi connectivity index (χ1n) is 3.20. The number of aliphatic imine (C=N–C) groups is 1. The molecule has 0 aliphatic carbocycles. The third kappa shape index (κ3) is 2.17. The maximum Gasteiger partial charge on any atom is 0.425 e. The highest BCUT2D eigenvalue weighted by Gasteiger charge is 2.33. The Morgan fingerprint density at radius 3 is 2.54 bits per heavy atom. The molecule has 0 aromatic carbocycles. The normalized spacial score (nSPS) is 11.1. The van der Waals surface area contributed by atoms with Crippen LogP contribution in [0, 0.1) is 6.92 Å². The van der Waals surface area contributed by atoms with E-state index in [9.17, 15) is 18.0 Å². The molecule has 0 saturated heterocycles. The topological polar surface area (TPSA) is 29.4 Å². The average Bonchev–Trinajstić information content (AvgIpc) is 2.32. The number of nitrogens with zero attached hydrogens (tertiary/aromatic N) is 1. The van der Waals surface area contributed by atoms with Gasteiger partial charge in [0.25, 0.3) is 0 Å². The van der Waals surface area contributed by atoms with Crippen molar-refractivity contribution < 1.29 is 18.0 Å². The SMILES string of the molecule is Cc1sc(C(F)(F)F)cc1N=C=O. The van der Waals surface area contributed by atoms with Gasteiger partial charge in [-0.15, -0.1) is 11.3 Å². The van der Waals surface area contributed by atoms with Crippen LogP contribution in [0.5, 0.6) is 0 Å². The molecule has 0 aliphatic heterocycles. The molecule has 0 radical (unpaired) electrons. The zero-order valence-electron chi connectivity index (χ0n) is 6.47. The molecule has 0 unspecified atom stereocenters. The van der Waals surface area contributed by atoms with Crippen LogP contribution in [0.15, 0.2) is 11.1 Å². The second-order valence-electron chi connectivity index (χ2n) is 2.25. The maximum absolute atomic E-state index is 12.1. The first kappa shape index (κ1) is 9.95. The monoisotopic (exact) mass is 207 g/mol. The van der Waals surface area contributed by atoms with Crippen LogP contribution in [0.25, 0.3) is 0 Å². The number of halogens is 3. The van der Waals surface area contributed by atoms with E-state index >= 15 is 0 Å². The summed E-state index contributed by atoms with van der Waals surface area (Å²) in [5, 5.41) is 0. The minimum atomic E-state index is -4.37. The molecule has 0 amide bonds. The molecule has 70 valence electrons. The quantitative estimate of drug-likeness (QED) is 0.514. The summed E-state index contributed by atoms with van der Waals surface area (Å²) in [6.45, 7) is 1.47. The minimum Gasteiger partial charge on any atom is -0.211 e. The van der Waals surface area contributed by atoms with Crippen molar-refractivity contribution in [1.29, 1.82) is 0 Å². The molecule has 1 aromatic heterocycles. The number of thiophene rings is 1. The van der Waals surface area contributed by atoms with Crippen LogP contribution in [0.4, 0.5) is 18.9 Å². The summed E-state index contributed by atoms with van der Waals surface area (Å²) in [7, 11) is 0. The van der Waals surface area contributed by atoms with Gasteiger partial charge in [-0.25, -0.2) is 4.79 Å². The number of alkyl halides is 3. The lowest BCUT2D eigenvalue weighted by atomic mass is 10.4. The fraction of sp³-hybridized carbons (Fsp3) is 0.286. The molecule has 0 bridgehead atoms. The fourth-order valence-corrected chi connectivity index (χ4v) is 1.60. The van der Waals surface area contributed by atoms with Gasteiger partial charge in [-0.3, -0.25) is 0 Å². The Bertz CT molecular complexity index is 362. The van der Waals surface area contributed by atoms with Crippen molar-refractivity contribution in [2.45, 2.75) is 13.1 Å². The lowest BCUT2D eigenvalue weighted by Crippen LogP contribution is -2.00. The van der Waals surface area contributed by atoms with E-state index in [1.54, 1.807) is 0 Å². The molecule has 13 heavy (non-hydrogen) atoms. The Balaban J connectivity index is 3.16. The Hall–Kier alpha value is -1.13. The average molecular weight is 207 g/mol. The number of aryl methyl sites for hydroxylation is 1. The Kier molecular flexibility index (Phi) is 2.54. The third-order valence-corrected chi connectivity index (χ3v) is 2.42. The summed E-state index contributed by atoms with van der Waals surface area (Å²) in [4.78, 5) is 12.6. The van der Waals surface area contributed by atoms with Crippen LogP contribution < -0.4 is 0 Å². The van der Waals surface area contributed by atoms with Gasteiger partial charge in [-0.05, 0) is 13.0 Å². The standard InChI is InChI=1S/C7H4F3NOS/c1-4-5(11-3-12)2-6(13-4)7(8,9)10/h2H,1H3. The van der Waals surface area contributed by atoms with E-state index in [0.29, 0.717) is 16.2 Å². The lowest BCUT2D eigenvalue weighted by molar-refractivity contribution is -0.134. The first-order valence-corrected chi connectivity index (χ1v) is 4.02. The number of hydrogen-bond donors (Lipinski definition) is 0. The van der Waals surface area contributed by atoms with Crippen molar-refractivity contribution >= 4 is 23.1 Å². The smallest absolute Gasteiger partial charge is 0.211 e. The van der Waals surface area contributed by atoms with E-state index in [-0.39, 0.29) is 5.69 Å². The molecule has 1 rings (SSSR count). The Morgan fingerprint density at radius 1 is 1.54 bits per heavy atom. The maximum atomic E-state index is 12.1. The van der Waals surface area contributed by atoms with Crippen LogP contribution in [0.1, 0.15) is 9.75 Å². The van der Waals surface area contributed by atoms with Gasteiger partial charge < -0.3 is 0 Å². The predicted octanol–water partition coefficient (Wildman–Crippen LogP) is 3.04. The van der Waals surface area contributed by atoms with Crippen molar-refractivity contribution in [1.82, 2.24) is 0 Å². The van der Waals surface area contributed by atoms with E-state index in [1.807, 2.05) is 0 Å². The number of rotatable bonds is 1. The van der Waals surface area contributed by atoms with Crippen LogP contribution in [-0.2, 0) is 11.0 Å². The summed E-state index contributed by atoms with van der Waals surface area (Å²) in [5.74, 6) is 0. The van der Waals surface area contributed by atoms with Gasteiger partial charge in [0.05, 0.1) is 5.69 Å². The zero-order chi connectivity index (χ0) is 10.1. The van der Waals surface area contributed by atoms with Crippen molar-refractivity contribution in [3.63, 3.8) is 0 Å². The first-order chi connectivity index (χ1) is 5.95.